The van der Waals surface area contributed by atoms with E-state index in [9.17, 15) is 17.6 Å². The zero-order chi connectivity index (χ0) is 22.2. The maximum atomic E-state index is 15.2. The van der Waals surface area contributed by atoms with Gasteiger partial charge in [0.1, 0.15) is 5.82 Å². The lowest BCUT2D eigenvalue weighted by Crippen LogP contribution is -2.17. The van der Waals surface area contributed by atoms with Crippen molar-refractivity contribution in [3.05, 3.63) is 94.6 Å². The molecule has 1 nitrogen and oxygen atoms in total. The Bertz CT molecular complexity index is 1140. The van der Waals surface area contributed by atoms with Crippen molar-refractivity contribution < 1.29 is 26.7 Å². The molecule has 3 aromatic rings. The van der Waals surface area contributed by atoms with Crippen molar-refractivity contribution in [3.8, 4) is 16.9 Å². The molecule has 0 aliphatic heterocycles. The number of fused-ring (bicyclic) bond motifs is 1. The molecule has 1 aliphatic carbocycles. The van der Waals surface area contributed by atoms with Crippen LogP contribution in [0.2, 0.25) is 0 Å². The van der Waals surface area contributed by atoms with Crippen LogP contribution < -0.4 is 4.74 Å². The predicted octanol–water partition coefficient (Wildman–Crippen LogP) is 7.28. The molecule has 31 heavy (non-hydrogen) atoms. The number of rotatable bonds is 4. The van der Waals surface area contributed by atoms with Gasteiger partial charge >= 0.3 is 6.36 Å². The summed E-state index contributed by atoms with van der Waals surface area (Å²) in [7, 11) is 0. The van der Waals surface area contributed by atoms with Crippen molar-refractivity contribution in [1.82, 2.24) is 0 Å². The molecule has 0 heterocycles. The van der Waals surface area contributed by atoms with Gasteiger partial charge in [-0.05, 0) is 64.8 Å². The Morgan fingerprint density at radius 2 is 1.61 bits per heavy atom. The van der Waals surface area contributed by atoms with Gasteiger partial charge in [-0.15, -0.1) is 13.2 Å². The Morgan fingerprint density at radius 3 is 2.26 bits per heavy atom. The second-order valence-corrected chi connectivity index (χ2v) is 7.42. The largest absolute Gasteiger partial charge is 0.573 e. The van der Waals surface area contributed by atoms with Gasteiger partial charge in [0.25, 0.3) is 0 Å². The molecule has 6 heteroatoms. The fourth-order valence-corrected chi connectivity index (χ4v) is 3.82. The van der Waals surface area contributed by atoms with Gasteiger partial charge in [0, 0.05) is 5.56 Å². The molecule has 0 N–H and O–H groups in total. The molecule has 0 bridgehead atoms. The summed E-state index contributed by atoms with van der Waals surface area (Å²) in [5, 5.41) is 0. The summed E-state index contributed by atoms with van der Waals surface area (Å²) in [5.74, 6) is -2.64. The van der Waals surface area contributed by atoms with Crippen LogP contribution in [0.3, 0.4) is 0 Å². The minimum Gasteiger partial charge on any atom is -0.403 e. The van der Waals surface area contributed by atoms with E-state index in [1.165, 1.54) is 17.7 Å². The lowest BCUT2D eigenvalue weighted by Gasteiger charge is -2.20. The average Bonchev–Trinajstić information content (AvgIpc) is 2.74. The molecule has 0 fully saturated rings. The highest BCUT2D eigenvalue weighted by Gasteiger charge is 2.32. The van der Waals surface area contributed by atoms with E-state index in [0.29, 0.717) is 18.4 Å². The highest BCUT2D eigenvalue weighted by atomic mass is 19.4. The molecular formula is C25H19F5O. The van der Waals surface area contributed by atoms with Crippen molar-refractivity contribution in [3.63, 3.8) is 0 Å². The smallest absolute Gasteiger partial charge is 0.403 e. The van der Waals surface area contributed by atoms with E-state index in [2.05, 4.69) is 35.9 Å². The molecule has 1 aliphatic rings. The van der Waals surface area contributed by atoms with Crippen molar-refractivity contribution in [2.24, 2.45) is 0 Å². The van der Waals surface area contributed by atoms with Gasteiger partial charge in [0.15, 0.2) is 11.6 Å². The fraction of sp³-hybridized carbons (Fsp3) is 0.200. The molecule has 3 aromatic carbocycles. The van der Waals surface area contributed by atoms with Gasteiger partial charge in [-0.2, -0.15) is 0 Å². The van der Waals surface area contributed by atoms with Crippen molar-refractivity contribution in [2.45, 2.75) is 32.5 Å². The third-order valence-corrected chi connectivity index (χ3v) is 5.48. The molecule has 0 radical (unpaired) electrons. The monoisotopic (exact) mass is 430 g/mol. The Hall–Kier alpha value is -3.15. The lowest BCUT2D eigenvalue weighted by atomic mass is 9.85. The van der Waals surface area contributed by atoms with Crippen molar-refractivity contribution in [1.29, 1.82) is 0 Å². The molecule has 0 amide bonds. The topological polar surface area (TPSA) is 9.23 Å². The molecular weight excluding hydrogens is 411 g/mol. The number of alkyl halides is 3. The van der Waals surface area contributed by atoms with E-state index in [1.54, 1.807) is 6.07 Å². The van der Waals surface area contributed by atoms with E-state index in [0.717, 1.165) is 35.3 Å². The van der Waals surface area contributed by atoms with E-state index in [1.807, 2.05) is 6.08 Å². The average molecular weight is 430 g/mol. The first-order chi connectivity index (χ1) is 14.7. The van der Waals surface area contributed by atoms with E-state index in [-0.39, 0.29) is 11.1 Å². The maximum Gasteiger partial charge on any atom is 0.573 e. The molecule has 0 spiro atoms. The van der Waals surface area contributed by atoms with Crippen LogP contribution in [-0.2, 0) is 19.3 Å². The summed E-state index contributed by atoms with van der Waals surface area (Å²) in [6.07, 6.45) is -1.10. The summed E-state index contributed by atoms with van der Waals surface area (Å²) in [6, 6.07) is 14.5. The Morgan fingerprint density at radius 1 is 0.903 bits per heavy atom. The Labute approximate surface area is 176 Å². The highest BCUT2D eigenvalue weighted by Crippen LogP contribution is 2.35. The molecule has 0 unspecified atom stereocenters. The van der Waals surface area contributed by atoms with Gasteiger partial charge in [-0.25, -0.2) is 8.78 Å². The minimum absolute atomic E-state index is 0.139. The van der Waals surface area contributed by atoms with Crippen LogP contribution in [0.25, 0.3) is 16.7 Å². The van der Waals surface area contributed by atoms with Gasteiger partial charge < -0.3 is 4.74 Å². The van der Waals surface area contributed by atoms with Crippen molar-refractivity contribution in [2.75, 3.05) is 0 Å². The molecule has 0 saturated heterocycles. The number of hydrogen-bond donors (Lipinski definition) is 0. The van der Waals surface area contributed by atoms with E-state index in [4.69, 9.17) is 0 Å². The summed E-state index contributed by atoms with van der Waals surface area (Å²) in [5.41, 5.74) is 5.10. The van der Waals surface area contributed by atoms with Gasteiger partial charge in [-0.3, -0.25) is 0 Å². The SMILES string of the molecule is CCc1ccc(C2=CCc3c(ccc(-c4ccc(OC(F)(F)F)c(F)c4)c3F)C2)cc1. The van der Waals surface area contributed by atoms with Crippen LogP contribution >= 0.6 is 0 Å². The lowest BCUT2D eigenvalue weighted by molar-refractivity contribution is -0.275. The standard InChI is InChI=1S/C25H19F5O/c1-2-15-3-5-16(6-4-15)17-7-10-20-18(13-17)8-11-21(24(20)27)19-9-12-23(22(26)14-19)31-25(28,29)30/h3-9,11-12,14H,2,10,13H2,1H3. The Kier molecular flexibility index (Phi) is 5.56. The normalized spacial score (nSPS) is 13.5. The number of benzene rings is 3. The molecule has 4 rings (SSSR count). The maximum absolute atomic E-state index is 15.2. The van der Waals surface area contributed by atoms with Crippen LogP contribution in [0.1, 0.15) is 29.2 Å². The zero-order valence-electron chi connectivity index (χ0n) is 16.7. The fourth-order valence-electron chi connectivity index (χ4n) is 3.82. The number of halogens is 5. The molecule has 160 valence electrons. The second-order valence-electron chi connectivity index (χ2n) is 7.42. The predicted molar refractivity (Wildman–Crippen MR) is 110 cm³/mol. The summed E-state index contributed by atoms with van der Waals surface area (Å²) in [4.78, 5) is 0. The van der Waals surface area contributed by atoms with Gasteiger partial charge in [0.2, 0.25) is 0 Å². The van der Waals surface area contributed by atoms with Crippen LogP contribution in [0, 0.1) is 11.6 Å². The number of ether oxygens (including phenoxy) is 1. The second kappa shape index (κ2) is 8.17. The first-order valence-corrected chi connectivity index (χ1v) is 9.89. The van der Waals surface area contributed by atoms with Gasteiger partial charge in [-0.1, -0.05) is 55.5 Å². The first-order valence-electron chi connectivity index (χ1n) is 9.89. The third-order valence-electron chi connectivity index (χ3n) is 5.48. The Balaban J connectivity index is 1.61. The first kappa shape index (κ1) is 21.1. The summed E-state index contributed by atoms with van der Waals surface area (Å²) >= 11 is 0. The van der Waals surface area contributed by atoms with Crippen molar-refractivity contribution >= 4 is 5.57 Å². The number of hydrogen-bond acceptors (Lipinski definition) is 1. The number of aryl methyl sites for hydroxylation is 1. The summed E-state index contributed by atoms with van der Waals surface area (Å²) < 4.78 is 69.9. The minimum atomic E-state index is -5.00. The van der Waals surface area contributed by atoms with E-state index >= 15 is 4.39 Å². The molecule has 0 atom stereocenters. The van der Waals surface area contributed by atoms with E-state index < -0.39 is 23.7 Å². The number of allylic oxidation sites excluding steroid dienone is 2. The van der Waals surface area contributed by atoms with Crippen LogP contribution in [0.4, 0.5) is 22.0 Å². The zero-order valence-corrected chi connectivity index (χ0v) is 16.7. The van der Waals surface area contributed by atoms with Crippen LogP contribution in [-0.4, -0.2) is 6.36 Å². The quantitative estimate of drug-likeness (QED) is 0.396. The van der Waals surface area contributed by atoms with Crippen LogP contribution in [0.5, 0.6) is 5.75 Å². The third kappa shape index (κ3) is 4.48. The highest BCUT2D eigenvalue weighted by molar-refractivity contribution is 5.73. The van der Waals surface area contributed by atoms with Crippen LogP contribution in [0.15, 0.2) is 60.7 Å². The summed E-state index contributed by atoms with van der Waals surface area (Å²) in [6.45, 7) is 2.09. The molecule has 0 saturated carbocycles. The molecule has 0 aromatic heterocycles. The van der Waals surface area contributed by atoms with Gasteiger partial charge in [0.05, 0.1) is 0 Å².